The topological polar surface area (TPSA) is 53.6 Å². The average Bonchev–Trinajstić information content (AvgIpc) is 2.37. The second kappa shape index (κ2) is 8.31. The van der Waals surface area contributed by atoms with Gasteiger partial charge in [-0.15, -0.1) is 0 Å². The van der Waals surface area contributed by atoms with Gasteiger partial charge in [-0.05, 0) is 13.0 Å². The second-order valence-electron chi connectivity index (χ2n) is 4.38. The van der Waals surface area contributed by atoms with Crippen LogP contribution in [0.4, 0.5) is 4.79 Å². The van der Waals surface area contributed by atoms with E-state index in [1.165, 1.54) is 0 Å². The van der Waals surface area contributed by atoms with Gasteiger partial charge in [-0.2, -0.15) is 0 Å². The number of carbonyl (C=O) groups excluding carboxylic acids is 1. The Morgan fingerprint density at radius 1 is 1.41 bits per heavy atom. The molecule has 0 aromatic carbocycles. The van der Waals surface area contributed by atoms with Crippen LogP contribution < -0.4 is 10.6 Å². The highest BCUT2D eigenvalue weighted by molar-refractivity contribution is 5.73. The monoisotopic (exact) mass is 243 g/mol. The van der Waals surface area contributed by atoms with E-state index in [1.807, 2.05) is 0 Å². The number of likely N-dealkylation sites (N-methyl/N-ethyl adjacent to an activating group) is 1. The number of urea groups is 1. The van der Waals surface area contributed by atoms with Crippen LogP contribution in [0, 0.1) is 0 Å². The summed E-state index contributed by atoms with van der Waals surface area (Å²) >= 11 is 0. The number of unbranched alkanes of at least 4 members (excludes halogenated alkanes) is 1. The summed E-state index contributed by atoms with van der Waals surface area (Å²) in [4.78, 5) is 13.8. The quantitative estimate of drug-likeness (QED) is 0.679. The minimum atomic E-state index is -0.0873. The van der Waals surface area contributed by atoms with Gasteiger partial charge in [0.25, 0.3) is 0 Å². The largest absolute Gasteiger partial charge is 0.374 e. The van der Waals surface area contributed by atoms with Crippen LogP contribution in [0.25, 0.3) is 0 Å². The van der Waals surface area contributed by atoms with Gasteiger partial charge in [0.05, 0.1) is 12.7 Å². The molecule has 2 amide bonds. The maximum atomic E-state index is 11.4. The number of morpholine rings is 1. The molecule has 2 N–H and O–H groups in total. The molecule has 1 rings (SSSR count). The Balaban J connectivity index is 2.10. The molecule has 1 aliphatic heterocycles. The zero-order chi connectivity index (χ0) is 12.5. The van der Waals surface area contributed by atoms with Crippen LogP contribution in [0.3, 0.4) is 0 Å². The molecule has 100 valence electrons. The zero-order valence-corrected chi connectivity index (χ0v) is 11.0. The Bertz CT molecular complexity index is 224. The van der Waals surface area contributed by atoms with E-state index in [2.05, 4.69) is 29.4 Å². The molecule has 0 aromatic heterocycles. The molecule has 1 unspecified atom stereocenters. The van der Waals surface area contributed by atoms with Gasteiger partial charge in [-0.25, -0.2) is 4.79 Å². The summed E-state index contributed by atoms with van der Waals surface area (Å²) < 4.78 is 5.60. The zero-order valence-electron chi connectivity index (χ0n) is 11.0. The van der Waals surface area contributed by atoms with Crippen molar-refractivity contribution in [2.75, 3.05) is 39.3 Å². The molecule has 5 nitrogen and oxygen atoms in total. The first-order valence-corrected chi connectivity index (χ1v) is 6.62. The molecular formula is C12H25N3O2. The van der Waals surface area contributed by atoms with Crippen molar-refractivity contribution in [1.82, 2.24) is 15.5 Å². The summed E-state index contributed by atoms with van der Waals surface area (Å²) in [7, 11) is 0. The van der Waals surface area contributed by atoms with Gasteiger partial charge in [0.2, 0.25) is 0 Å². The molecule has 0 radical (unpaired) electrons. The third kappa shape index (κ3) is 5.89. The van der Waals surface area contributed by atoms with Crippen LogP contribution >= 0.6 is 0 Å². The molecule has 1 fully saturated rings. The molecule has 1 aliphatic rings. The van der Waals surface area contributed by atoms with Crippen LogP contribution in [0.5, 0.6) is 0 Å². The Hall–Kier alpha value is -0.810. The Kier molecular flexibility index (Phi) is 6.96. The van der Waals surface area contributed by atoms with E-state index in [0.29, 0.717) is 6.54 Å². The number of amides is 2. The van der Waals surface area contributed by atoms with Crippen LogP contribution in [0.1, 0.15) is 26.7 Å². The molecular weight excluding hydrogens is 218 g/mol. The lowest BCUT2D eigenvalue weighted by Crippen LogP contribution is -2.49. The third-order valence-electron chi connectivity index (χ3n) is 2.98. The number of nitrogens with one attached hydrogen (secondary N) is 2. The van der Waals surface area contributed by atoms with Crippen LogP contribution in [0.15, 0.2) is 0 Å². The van der Waals surface area contributed by atoms with Crippen molar-refractivity contribution in [1.29, 1.82) is 0 Å². The minimum absolute atomic E-state index is 0.0873. The Labute approximate surface area is 104 Å². The van der Waals surface area contributed by atoms with E-state index in [4.69, 9.17) is 4.74 Å². The molecule has 0 saturated carbocycles. The lowest BCUT2D eigenvalue weighted by molar-refractivity contribution is -0.0239. The third-order valence-corrected chi connectivity index (χ3v) is 2.98. The lowest BCUT2D eigenvalue weighted by Gasteiger charge is -2.32. The molecule has 1 atom stereocenters. The van der Waals surface area contributed by atoms with Gasteiger partial charge in [-0.1, -0.05) is 20.3 Å². The number of hydrogen-bond acceptors (Lipinski definition) is 3. The normalized spacial score (nSPS) is 21.2. The molecule has 0 aliphatic carbocycles. The Morgan fingerprint density at radius 3 is 2.94 bits per heavy atom. The lowest BCUT2D eigenvalue weighted by atomic mass is 10.2. The molecule has 5 heteroatoms. The van der Waals surface area contributed by atoms with Gasteiger partial charge in [0.15, 0.2) is 0 Å². The molecule has 0 spiro atoms. The number of nitrogens with zero attached hydrogens (tertiary/aromatic N) is 1. The summed E-state index contributed by atoms with van der Waals surface area (Å²) in [6, 6.07) is -0.0873. The van der Waals surface area contributed by atoms with Crippen LogP contribution in [0.2, 0.25) is 0 Å². The fourth-order valence-electron chi connectivity index (χ4n) is 1.84. The van der Waals surface area contributed by atoms with Gasteiger partial charge in [0.1, 0.15) is 0 Å². The molecule has 0 bridgehead atoms. The van der Waals surface area contributed by atoms with E-state index in [9.17, 15) is 4.79 Å². The number of rotatable bonds is 6. The summed E-state index contributed by atoms with van der Waals surface area (Å²) in [6.45, 7) is 9.30. The summed E-state index contributed by atoms with van der Waals surface area (Å²) in [6.07, 6.45) is 2.25. The fourth-order valence-corrected chi connectivity index (χ4v) is 1.84. The maximum Gasteiger partial charge on any atom is 0.314 e. The number of carbonyl (C=O) groups is 1. The molecule has 1 saturated heterocycles. The van der Waals surface area contributed by atoms with Crippen molar-refractivity contribution in [3.63, 3.8) is 0 Å². The van der Waals surface area contributed by atoms with E-state index in [-0.39, 0.29) is 12.1 Å². The Morgan fingerprint density at radius 2 is 2.24 bits per heavy atom. The summed E-state index contributed by atoms with van der Waals surface area (Å²) in [5.74, 6) is 0. The van der Waals surface area contributed by atoms with Crippen molar-refractivity contribution in [3.05, 3.63) is 0 Å². The van der Waals surface area contributed by atoms with Gasteiger partial charge >= 0.3 is 6.03 Å². The average molecular weight is 243 g/mol. The molecule has 17 heavy (non-hydrogen) atoms. The van der Waals surface area contributed by atoms with E-state index >= 15 is 0 Å². The first kappa shape index (κ1) is 14.3. The highest BCUT2D eigenvalue weighted by Gasteiger charge is 2.19. The predicted octanol–water partition coefficient (Wildman–Crippen LogP) is 0.806. The smallest absolute Gasteiger partial charge is 0.314 e. The van der Waals surface area contributed by atoms with Crippen molar-refractivity contribution < 1.29 is 9.53 Å². The van der Waals surface area contributed by atoms with E-state index in [0.717, 1.165) is 45.6 Å². The standard InChI is InChI=1S/C12H25N3O2/c1-3-5-6-13-12(16)14-9-11-10-15(4-2)7-8-17-11/h11H,3-10H2,1-2H3,(H2,13,14,16). The first-order chi connectivity index (χ1) is 8.26. The van der Waals surface area contributed by atoms with Gasteiger partial charge in [0, 0.05) is 26.2 Å². The van der Waals surface area contributed by atoms with Gasteiger partial charge in [-0.3, -0.25) is 4.90 Å². The van der Waals surface area contributed by atoms with E-state index < -0.39 is 0 Å². The summed E-state index contributed by atoms with van der Waals surface area (Å²) in [5.41, 5.74) is 0. The van der Waals surface area contributed by atoms with Crippen LogP contribution in [-0.2, 0) is 4.74 Å². The first-order valence-electron chi connectivity index (χ1n) is 6.62. The van der Waals surface area contributed by atoms with Crippen LogP contribution in [-0.4, -0.2) is 56.4 Å². The number of ether oxygens (including phenoxy) is 1. The summed E-state index contributed by atoms with van der Waals surface area (Å²) in [5, 5.41) is 5.68. The second-order valence-corrected chi connectivity index (χ2v) is 4.38. The van der Waals surface area contributed by atoms with Gasteiger partial charge < -0.3 is 15.4 Å². The highest BCUT2D eigenvalue weighted by Crippen LogP contribution is 2.03. The van der Waals surface area contributed by atoms with E-state index in [1.54, 1.807) is 0 Å². The predicted molar refractivity (Wildman–Crippen MR) is 68.2 cm³/mol. The van der Waals surface area contributed by atoms with Crippen molar-refractivity contribution >= 4 is 6.03 Å². The van der Waals surface area contributed by atoms with Crippen molar-refractivity contribution in [3.8, 4) is 0 Å². The SMILES string of the molecule is CCCCNC(=O)NCC1CN(CC)CCO1. The fraction of sp³-hybridized carbons (Fsp3) is 0.917. The minimum Gasteiger partial charge on any atom is -0.374 e. The maximum absolute atomic E-state index is 11.4. The molecule has 1 heterocycles. The number of hydrogen-bond donors (Lipinski definition) is 2. The van der Waals surface area contributed by atoms with Crippen molar-refractivity contribution in [2.24, 2.45) is 0 Å². The van der Waals surface area contributed by atoms with Crippen molar-refractivity contribution in [2.45, 2.75) is 32.8 Å². The highest BCUT2D eigenvalue weighted by atomic mass is 16.5. The molecule has 0 aromatic rings.